The van der Waals surface area contributed by atoms with E-state index in [1.165, 1.54) is 0 Å². The maximum atomic E-state index is 7.36. The minimum absolute atomic E-state index is 0. The third-order valence-electron chi connectivity index (χ3n) is 0. The summed E-state index contributed by atoms with van der Waals surface area (Å²) in [5, 5.41) is 7.36. The van der Waals surface area contributed by atoms with Gasteiger partial charge in [0.25, 0.3) is 0 Å². The molecule has 27 valence electrons. The smallest absolute Gasteiger partial charge is 0 e. The second-order valence-corrected chi connectivity index (χ2v) is 0.747. The Morgan fingerprint density at radius 1 is 1.60 bits per heavy atom. The van der Waals surface area contributed by atoms with Crippen LogP contribution in [0.1, 0.15) is 0 Å². The minimum Gasteiger partial charge on any atom is 0 e. The second-order valence-electron chi connectivity index (χ2n) is 0.0913. The van der Waals surface area contributed by atoms with Gasteiger partial charge in [-0.25, -0.2) is 0 Å². The summed E-state index contributed by atoms with van der Waals surface area (Å²) in [5.41, 5.74) is 0. The molecule has 0 rings (SSSR count). The first-order valence-electron chi connectivity index (χ1n) is 0.428. The zero-order chi connectivity index (χ0) is 2.71. The predicted octanol–water partition coefficient (Wildman–Crippen LogP) is 0.00928. The number of nitriles is 1. The van der Waals surface area contributed by atoms with Gasteiger partial charge in [0.2, 0.25) is 0 Å². The molecule has 5 heavy (non-hydrogen) atoms. The fourth-order valence-corrected chi connectivity index (χ4v) is 0. The molecule has 0 bridgehead atoms. The average Bonchev–Trinajstić information content (AvgIpc) is 0.918. The van der Waals surface area contributed by atoms with Gasteiger partial charge in [-0.3, -0.25) is 0 Å². The molecule has 0 N–H and O–H groups in total. The van der Waals surface area contributed by atoms with Crippen molar-refractivity contribution in [2.75, 3.05) is 0 Å². The molecule has 0 spiro atoms. The predicted molar refractivity (Wildman–Crippen MR) is 5.61 cm³/mol. The molecule has 0 heterocycles. The zero-order valence-electron chi connectivity index (χ0n) is 2.17. The van der Waals surface area contributed by atoms with Crippen LogP contribution in [-0.4, -0.2) is 0 Å². The van der Waals surface area contributed by atoms with E-state index in [1.807, 2.05) is 4.46 Å². The van der Waals surface area contributed by atoms with E-state index < -0.39 is 0 Å². The Morgan fingerprint density at radius 2 is 1.60 bits per heavy atom. The third kappa shape index (κ3) is 31.9. The first-order valence-corrected chi connectivity index (χ1v) is 1.89. The Labute approximate surface area is 67.4 Å². The SMILES string of the molecule is N#[C][W].[Cr].[Mo]. The van der Waals surface area contributed by atoms with Crippen molar-refractivity contribution < 1.29 is 58.2 Å². The first-order chi connectivity index (χ1) is 1.41. The molecule has 0 aromatic rings. The summed E-state index contributed by atoms with van der Waals surface area (Å²) < 4.78 is 1.83. The normalized spacial score (nSPS) is 1.40. The summed E-state index contributed by atoms with van der Waals surface area (Å²) in [6.45, 7) is 0. The Morgan fingerprint density at radius 3 is 1.60 bits per heavy atom. The van der Waals surface area contributed by atoms with Gasteiger partial charge in [-0.1, -0.05) is 0 Å². The number of hydrogen-bond acceptors (Lipinski definition) is 1. The molecule has 0 fully saturated rings. The van der Waals surface area contributed by atoms with Gasteiger partial charge in [0.05, 0.1) is 0 Å². The van der Waals surface area contributed by atoms with E-state index in [-0.39, 0.29) is 38.4 Å². The molecule has 0 saturated carbocycles. The van der Waals surface area contributed by atoms with E-state index in [4.69, 9.17) is 5.26 Å². The fourth-order valence-electron chi connectivity index (χ4n) is 0. The van der Waals surface area contributed by atoms with E-state index >= 15 is 0 Å². The maximum Gasteiger partial charge on any atom is 0 e. The molecule has 0 aliphatic carbocycles. The minimum atomic E-state index is 0. The van der Waals surface area contributed by atoms with Crippen molar-refractivity contribution in [3.8, 4) is 4.46 Å². The van der Waals surface area contributed by atoms with Crippen molar-refractivity contribution in [3.63, 3.8) is 0 Å². The molecule has 0 unspecified atom stereocenters. The molecule has 0 aromatic carbocycles. The van der Waals surface area contributed by atoms with Crippen LogP contribution < -0.4 is 0 Å². The Kier molecular flexibility index (Phi) is 58.6. The van der Waals surface area contributed by atoms with Crippen molar-refractivity contribution in [3.05, 3.63) is 0 Å². The third-order valence-corrected chi connectivity index (χ3v) is 0. The van der Waals surface area contributed by atoms with Crippen LogP contribution in [0.25, 0.3) is 0 Å². The molecule has 0 amide bonds. The average molecular weight is 358 g/mol. The topological polar surface area (TPSA) is 23.8 Å². The summed E-state index contributed by atoms with van der Waals surface area (Å²) in [6.07, 6.45) is 0. The zero-order valence-corrected chi connectivity index (χ0v) is 8.39. The van der Waals surface area contributed by atoms with Crippen molar-refractivity contribution in [2.45, 2.75) is 0 Å². The molecular formula is CCrMoNW. The number of hydrogen-bond donors (Lipinski definition) is 0. The molecular weight excluding hydrogens is 358 g/mol. The van der Waals surface area contributed by atoms with Gasteiger partial charge in [-0.2, -0.15) is 0 Å². The molecule has 4 heteroatoms. The van der Waals surface area contributed by atoms with E-state index in [0.717, 1.165) is 19.8 Å². The van der Waals surface area contributed by atoms with Crippen molar-refractivity contribution in [1.82, 2.24) is 0 Å². The first kappa shape index (κ1) is 16.1. The maximum absolute atomic E-state index is 7.36. The van der Waals surface area contributed by atoms with Gasteiger partial charge in [0.15, 0.2) is 0 Å². The van der Waals surface area contributed by atoms with Crippen LogP contribution in [0.4, 0.5) is 0 Å². The Balaban J connectivity index is -0.0000000200. The van der Waals surface area contributed by atoms with Crippen LogP contribution in [0.15, 0.2) is 0 Å². The number of rotatable bonds is 0. The molecule has 0 atom stereocenters. The summed E-state index contributed by atoms with van der Waals surface area (Å²) in [5.74, 6) is 0. The number of nitrogens with zero attached hydrogens (tertiary/aromatic N) is 1. The van der Waals surface area contributed by atoms with Crippen LogP contribution >= 0.6 is 0 Å². The molecule has 0 aliphatic heterocycles. The summed E-state index contributed by atoms with van der Waals surface area (Å²) in [6, 6.07) is 0. The van der Waals surface area contributed by atoms with Crippen molar-refractivity contribution in [2.24, 2.45) is 0 Å². The quantitative estimate of drug-likeness (QED) is 0.560. The standard InChI is InChI=1S/CN.Cr.Mo.W/c1-2;;;. The van der Waals surface area contributed by atoms with E-state index in [9.17, 15) is 0 Å². The van der Waals surface area contributed by atoms with Crippen LogP contribution in [-0.2, 0) is 58.2 Å². The van der Waals surface area contributed by atoms with Crippen molar-refractivity contribution >= 4 is 0 Å². The Bertz CT molecular complexity index is 33.1. The molecule has 0 saturated heterocycles. The van der Waals surface area contributed by atoms with Crippen LogP contribution in [0.3, 0.4) is 0 Å². The summed E-state index contributed by atoms with van der Waals surface area (Å²) >= 11 is 0.977. The fraction of sp³-hybridized carbons (Fsp3) is 0. The molecule has 0 aliphatic rings. The van der Waals surface area contributed by atoms with E-state index in [2.05, 4.69) is 0 Å². The van der Waals surface area contributed by atoms with Crippen molar-refractivity contribution in [1.29, 1.82) is 5.26 Å². The van der Waals surface area contributed by atoms with Crippen LogP contribution in [0.5, 0.6) is 0 Å². The molecule has 1 nitrogen and oxygen atoms in total. The Hall–Kier alpha value is 1.40. The van der Waals surface area contributed by atoms with Gasteiger partial charge >= 0.3 is 29.5 Å². The summed E-state index contributed by atoms with van der Waals surface area (Å²) in [7, 11) is 0. The molecule has 0 radical (unpaired) electrons. The molecule has 0 aromatic heterocycles. The van der Waals surface area contributed by atoms with E-state index in [1.54, 1.807) is 0 Å². The van der Waals surface area contributed by atoms with Gasteiger partial charge in [0, 0.05) is 38.4 Å². The van der Waals surface area contributed by atoms with Crippen LogP contribution in [0.2, 0.25) is 0 Å². The van der Waals surface area contributed by atoms with Gasteiger partial charge in [0.1, 0.15) is 0 Å². The monoisotopic (exact) mass is 360 g/mol. The van der Waals surface area contributed by atoms with Gasteiger partial charge in [-0.05, 0) is 0 Å². The van der Waals surface area contributed by atoms with Gasteiger partial charge in [-0.15, -0.1) is 0 Å². The largest absolute Gasteiger partial charge is 0 e. The second kappa shape index (κ2) is 18.2. The van der Waals surface area contributed by atoms with Crippen LogP contribution in [0, 0.1) is 9.72 Å². The summed E-state index contributed by atoms with van der Waals surface area (Å²) in [4.78, 5) is 0. The van der Waals surface area contributed by atoms with E-state index in [0.29, 0.717) is 0 Å². The van der Waals surface area contributed by atoms with Gasteiger partial charge < -0.3 is 0 Å².